The molecule has 3 rings (SSSR count). The number of primary amides is 1. The third kappa shape index (κ3) is 7.03. The van der Waals surface area contributed by atoms with Crippen LogP contribution in [0.4, 0.5) is 10.5 Å². The number of nitrogens with zero attached hydrogens (tertiary/aromatic N) is 1. The lowest BCUT2D eigenvalue weighted by Gasteiger charge is -2.14. The second-order valence-electron chi connectivity index (χ2n) is 6.17. The number of nitrogens with one attached hydrogen (secondary N) is 1. The summed E-state index contributed by atoms with van der Waals surface area (Å²) in [5.74, 6) is 0.979. The molecule has 0 fully saturated rings. The van der Waals surface area contributed by atoms with Crippen molar-refractivity contribution in [1.29, 1.82) is 0 Å². The van der Waals surface area contributed by atoms with E-state index < -0.39 is 6.03 Å². The number of nitrogens with two attached hydrogens (primary N) is 2. The Kier molecular flexibility index (Phi) is 8.53. The van der Waals surface area contributed by atoms with Crippen LogP contribution in [0.3, 0.4) is 0 Å². The Labute approximate surface area is 181 Å². The highest BCUT2D eigenvalue weighted by atomic mass is 35.5. The molecule has 0 heterocycles. The van der Waals surface area contributed by atoms with Crippen molar-refractivity contribution in [2.24, 2.45) is 16.5 Å². The number of carbonyl (C=O) groups excluding carboxylic acids is 1. The molecule has 3 aromatic carbocycles. The van der Waals surface area contributed by atoms with Crippen LogP contribution in [-0.2, 0) is 13.2 Å². The standard InChI is InChI=1S/C22H22N4O3.ClH/c23-21(26-22(24)27)25-18-11-12-19(28-14-16-7-3-1-4-8-16)20(13-18)29-15-17-9-5-2-6-10-17;/h1-13H,14-15H2,(H5,23,24,25,26,27);1H. The first kappa shape index (κ1) is 22.6. The molecule has 0 aliphatic rings. The van der Waals surface area contributed by atoms with Crippen molar-refractivity contribution < 1.29 is 14.3 Å². The Bertz CT molecular complexity index is 982. The smallest absolute Gasteiger partial charge is 0.318 e. The van der Waals surface area contributed by atoms with Gasteiger partial charge in [0.05, 0.1) is 5.69 Å². The van der Waals surface area contributed by atoms with Crippen LogP contribution >= 0.6 is 12.4 Å². The molecule has 0 radical (unpaired) electrons. The quantitative estimate of drug-likeness (QED) is 0.393. The Morgan fingerprint density at radius 3 is 1.87 bits per heavy atom. The summed E-state index contributed by atoms with van der Waals surface area (Å²) in [4.78, 5) is 15.0. The number of ether oxygens (including phenoxy) is 2. The van der Waals surface area contributed by atoms with Crippen molar-refractivity contribution in [2.75, 3.05) is 0 Å². The van der Waals surface area contributed by atoms with Gasteiger partial charge in [-0.3, -0.25) is 5.32 Å². The van der Waals surface area contributed by atoms with Crippen molar-refractivity contribution in [3.8, 4) is 11.5 Å². The van der Waals surface area contributed by atoms with E-state index in [1.165, 1.54) is 0 Å². The van der Waals surface area contributed by atoms with Crippen molar-refractivity contribution >= 4 is 30.1 Å². The number of hydrogen-bond donors (Lipinski definition) is 3. The fourth-order valence-electron chi connectivity index (χ4n) is 2.56. The molecule has 0 aromatic heterocycles. The van der Waals surface area contributed by atoms with E-state index in [0.29, 0.717) is 30.4 Å². The molecule has 0 atom stereocenters. The van der Waals surface area contributed by atoms with Crippen LogP contribution in [0.2, 0.25) is 0 Å². The molecule has 0 unspecified atom stereocenters. The molecule has 3 aromatic rings. The molecule has 7 nitrogen and oxygen atoms in total. The van der Waals surface area contributed by atoms with Crippen LogP contribution in [0.1, 0.15) is 11.1 Å². The fourth-order valence-corrected chi connectivity index (χ4v) is 2.56. The number of amides is 2. The van der Waals surface area contributed by atoms with Gasteiger partial charge in [-0.05, 0) is 23.3 Å². The number of hydrogen-bond acceptors (Lipinski definition) is 4. The van der Waals surface area contributed by atoms with Crippen LogP contribution in [0, 0.1) is 0 Å². The van der Waals surface area contributed by atoms with Crippen molar-refractivity contribution in [3.63, 3.8) is 0 Å². The molecule has 30 heavy (non-hydrogen) atoms. The number of carbonyl (C=O) groups is 1. The summed E-state index contributed by atoms with van der Waals surface area (Å²) >= 11 is 0. The van der Waals surface area contributed by atoms with E-state index in [2.05, 4.69) is 10.3 Å². The number of urea groups is 1. The first-order valence-electron chi connectivity index (χ1n) is 8.98. The molecule has 0 saturated carbocycles. The van der Waals surface area contributed by atoms with Gasteiger partial charge in [-0.25, -0.2) is 9.79 Å². The summed E-state index contributed by atoms with van der Waals surface area (Å²) < 4.78 is 11.9. The minimum absolute atomic E-state index is 0. The van der Waals surface area contributed by atoms with E-state index in [9.17, 15) is 4.79 Å². The minimum atomic E-state index is -0.783. The van der Waals surface area contributed by atoms with E-state index in [0.717, 1.165) is 11.1 Å². The highest BCUT2D eigenvalue weighted by Crippen LogP contribution is 2.33. The second-order valence-corrected chi connectivity index (χ2v) is 6.17. The summed E-state index contributed by atoms with van der Waals surface area (Å²) in [6.07, 6.45) is 0. The molecule has 0 aliphatic carbocycles. The Balaban J connectivity index is 0.00000320. The molecular weight excluding hydrogens is 404 g/mol. The Morgan fingerprint density at radius 2 is 1.33 bits per heavy atom. The maximum atomic E-state index is 10.9. The molecule has 5 N–H and O–H groups in total. The predicted molar refractivity (Wildman–Crippen MR) is 119 cm³/mol. The average Bonchev–Trinajstić information content (AvgIpc) is 2.72. The number of guanidine groups is 1. The van der Waals surface area contributed by atoms with Crippen LogP contribution in [0.5, 0.6) is 11.5 Å². The molecular formula is C22H23ClN4O3. The summed E-state index contributed by atoms with van der Waals surface area (Å²) in [6, 6.07) is 24.0. The third-order valence-electron chi connectivity index (χ3n) is 3.90. The molecule has 156 valence electrons. The van der Waals surface area contributed by atoms with Crippen molar-refractivity contribution in [2.45, 2.75) is 13.2 Å². The monoisotopic (exact) mass is 426 g/mol. The largest absolute Gasteiger partial charge is 0.485 e. The molecule has 0 bridgehead atoms. The van der Waals surface area contributed by atoms with Gasteiger partial charge in [0.1, 0.15) is 13.2 Å². The van der Waals surface area contributed by atoms with Crippen LogP contribution in [-0.4, -0.2) is 12.0 Å². The van der Waals surface area contributed by atoms with Crippen LogP contribution < -0.4 is 26.3 Å². The van der Waals surface area contributed by atoms with Crippen LogP contribution in [0.25, 0.3) is 0 Å². The van der Waals surface area contributed by atoms with Gasteiger partial charge in [0.25, 0.3) is 0 Å². The summed E-state index contributed by atoms with van der Waals surface area (Å²) in [7, 11) is 0. The lowest BCUT2D eigenvalue weighted by Crippen LogP contribution is -2.39. The maximum Gasteiger partial charge on any atom is 0.318 e. The first-order chi connectivity index (χ1) is 14.1. The van der Waals surface area contributed by atoms with Crippen molar-refractivity contribution in [3.05, 3.63) is 90.0 Å². The normalized spacial score (nSPS) is 10.6. The second kappa shape index (κ2) is 11.3. The van der Waals surface area contributed by atoms with E-state index in [1.54, 1.807) is 18.2 Å². The molecule has 8 heteroatoms. The number of halogens is 1. The lowest BCUT2D eigenvalue weighted by molar-refractivity contribution is 0.253. The van der Waals surface area contributed by atoms with Gasteiger partial charge in [0.2, 0.25) is 5.96 Å². The van der Waals surface area contributed by atoms with Crippen molar-refractivity contribution in [1.82, 2.24) is 5.32 Å². The van der Waals surface area contributed by atoms with Gasteiger partial charge in [0, 0.05) is 6.07 Å². The minimum Gasteiger partial charge on any atom is -0.485 e. The number of aliphatic imine (C=N–C) groups is 1. The SMILES string of the molecule is Cl.NC(=O)NC(N)=Nc1ccc(OCc2ccccc2)c(OCc2ccccc2)c1. The summed E-state index contributed by atoms with van der Waals surface area (Å²) in [6.45, 7) is 0.765. The Morgan fingerprint density at radius 1 is 0.800 bits per heavy atom. The molecule has 0 saturated heterocycles. The highest BCUT2D eigenvalue weighted by Gasteiger charge is 2.09. The third-order valence-corrected chi connectivity index (χ3v) is 3.90. The van der Waals surface area contributed by atoms with E-state index >= 15 is 0 Å². The Hall–Kier alpha value is -3.71. The first-order valence-corrected chi connectivity index (χ1v) is 8.98. The van der Waals surface area contributed by atoms with Crippen LogP contribution in [0.15, 0.2) is 83.9 Å². The van der Waals surface area contributed by atoms with Gasteiger partial charge in [-0.15, -0.1) is 12.4 Å². The summed E-state index contributed by atoms with van der Waals surface area (Å²) in [5, 5.41) is 2.22. The highest BCUT2D eigenvalue weighted by molar-refractivity contribution is 5.95. The number of benzene rings is 3. The zero-order valence-electron chi connectivity index (χ0n) is 16.2. The van der Waals surface area contributed by atoms with Gasteiger partial charge < -0.3 is 20.9 Å². The maximum absolute atomic E-state index is 10.9. The number of rotatable bonds is 7. The average molecular weight is 427 g/mol. The molecule has 0 spiro atoms. The van der Waals surface area contributed by atoms with Gasteiger partial charge in [0.15, 0.2) is 11.5 Å². The van der Waals surface area contributed by atoms with Gasteiger partial charge >= 0.3 is 6.03 Å². The van der Waals surface area contributed by atoms with Gasteiger partial charge in [-0.2, -0.15) is 0 Å². The zero-order valence-corrected chi connectivity index (χ0v) is 17.0. The predicted octanol–water partition coefficient (Wildman–Crippen LogP) is 3.88. The summed E-state index contributed by atoms with van der Waals surface area (Å²) in [5.41, 5.74) is 13.3. The lowest BCUT2D eigenvalue weighted by atomic mass is 10.2. The topological polar surface area (TPSA) is 112 Å². The zero-order chi connectivity index (χ0) is 20.5. The van der Waals surface area contributed by atoms with E-state index in [-0.39, 0.29) is 18.4 Å². The van der Waals surface area contributed by atoms with E-state index in [1.807, 2.05) is 60.7 Å². The molecule has 0 aliphatic heterocycles. The van der Waals surface area contributed by atoms with E-state index in [4.69, 9.17) is 20.9 Å². The fraction of sp³-hybridized carbons (Fsp3) is 0.0909. The van der Waals surface area contributed by atoms with Gasteiger partial charge in [-0.1, -0.05) is 60.7 Å². The molecule has 2 amide bonds.